The molecule has 0 aliphatic carbocycles. The standard InChI is InChI=1S/C30H29N2O5.BrH/c1-19-31-14-13-21-15-27(36-4)28(37-5)17-23(21)30(31)29(22-11-12-25(34-2)26(16-22)35-3)32(19)18-24(33)20-9-7-6-8-10-20;/h6-17H,18H2,1-5H3;1H/q+1;/p-1. The van der Waals surface area contributed by atoms with Crippen LogP contribution in [0.1, 0.15) is 16.2 Å². The minimum absolute atomic E-state index is 0. The Morgan fingerprint density at radius 1 is 0.789 bits per heavy atom. The Morgan fingerprint density at radius 2 is 1.42 bits per heavy atom. The van der Waals surface area contributed by atoms with Crippen LogP contribution in [0.15, 0.2) is 72.9 Å². The summed E-state index contributed by atoms with van der Waals surface area (Å²) >= 11 is 0. The van der Waals surface area contributed by atoms with Crippen molar-refractivity contribution >= 4 is 22.1 Å². The molecule has 38 heavy (non-hydrogen) atoms. The van der Waals surface area contributed by atoms with Gasteiger partial charge in [0.25, 0.3) is 5.82 Å². The van der Waals surface area contributed by atoms with Crippen LogP contribution >= 0.6 is 0 Å². The van der Waals surface area contributed by atoms with E-state index in [0.717, 1.165) is 33.4 Å². The molecule has 0 saturated carbocycles. The van der Waals surface area contributed by atoms with E-state index in [4.69, 9.17) is 18.9 Å². The molecule has 0 atom stereocenters. The van der Waals surface area contributed by atoms with Gasteiger partial charge in [-0.15, -0.1) is 0 Å². The number of halogens is 1. The average molecular weight is 577 g/mol. The fraction of sp³-hybridized carbons (Fsp3) is 0.200. The molecule has 0 N–H and O–H groups in total. The number of pyridine rings is 1. The van der Waals surface area contributed by atoms with Crippen molar-refractivity contribution in [3.05, 3.63) is 84.3 Å². The first-order valence-corrected chi connectivity index (χ1v) is 11.9. The van der Waals surface area contributed by atoms with E-state index in [-0.39, 0.29) is 29.3 Å². The lowest BCUT2D eigenvalue weighted by Crippen LogP contribution is -3.00. The summed E-state index contributed by atoms with van der Waals surface area (Å²) in [6, 6.07) is 21.1. The maximum Gasteiger partial charge on any atom is 0.259 e. The number of carbonyl (C=O) groups excluding carboxylic acids is 1. The predicted molar refractivity (Wildman–Crippen MR) is 142 cm³/mol. The SMILES string of the molecule is COc1ccc(-c2c3c4cc(OC)c(OC)cc4ccn3c(C)[n+]2CC(=O)c2ccccc2)cc1OC.[Br-]. The zero-order chi connectivity index (χ0) is 26.1. The van der Waals surface area contributed by atoms with E-state index in [0.29, 0.717) is 28.6 Å². The monoisotopic (exact) mass is 576 g/mol. The normalized spacial score (nSPS) is 10.8. The Morgan fingerprint density at radius 3 is 2.08 bits per heavy atom. The van der Waals surface area contributed by atoms with Gasteiger partial charge in [0.15, 0.2) is 40.8 Å². The summed E-state index contributed by atoms with van der Waals surface area (Å²) in [5.74, 6) is 3.47. The first-order valence-electron chi connectivity index (χ1n) is 11.9. The molecule has 5 aromatic rings. The van der Waals surface area contributed by atoms with Gasteiger partial charge >= 0.3 is 0 Å². The molecule has 0 spiro atoms. The van der Waals surface area contributed by atoms with Gasteiger partial charge in [-0.25, -0.2) is 4.57 Å². The summed E-state index contributed by atoms with van der Waals surface area (Å²) in [6.07, 6.45) is 2.02. The molecule has 0 saturated heterocycles. The molecule has 196 valence electrons. The lowest BCUT2D eigenvalue weighted by atomic mass is 10.0. The van der Waals surface area contributed by atoms with Crippen molar-refractivity contribution in [2.24, 2.45) is 0 Å². The molecule has 5 rings (SSSR count). The predicted octanol–water partition coefficient (Wildman–Crippen LogP) is 2.28. The van der Waals surface area contributed by atoms with Crippen LogP contribution in [0, 0.1) is 6.92 Å². The molecular weight excluding hydrogens is 548 g/mol. The molecule has 0 fully saturated rings. The number of carbonyl (C=O) groups is 1. The number of hydrogen-bond acceptors (Lipinski definition) is 5. The van der Waals surface area contributed by atoms with Gasteiger partial charge in [0, 0.05) is 23.4 Å². The van der Waals surface area contributed by atoms with Crippen molar-refractivity contribution in [1.29, 1.82) is 0 Å². The van der Waals surface area contributed by atoms with Gasteiger partial charge in [-0.1, -0.05) is 30.3 Å². The molecule has 0 aliphatic heterocycles. The number of fused-ring (bicyclic) bond motifs is 3. The second-order valence-corrected chi connectivity index (χ2v) is 8.67. The highest BCUT2D eigenvalue weighted by Gasteiger charge is 2.29. The van der Waals surface area contributed by atoms with Crippen LogP contribution in [0.25, 0.3) is 27.5 Å². The van der Waals surface area contributed by atoms with Gasteiger partial charge in [0.1, 0.15) is 0 Å². The van der Waals surface area contributed by atoms with Crippen LogP contribution in [0.5, 0.6) is 23.0 Å². The van der Waals surface area contributed by atoms with Crippen LogP contribution < -0.4 is 40.5 Å². The molecule has 0 unspecified atom stereocenters. The molecule has 8 heteroatoms. The third-order valence-corrected chi connectivity index (χ3v) is 6.74. The lowest BCUT2D eigenvalue weighted by molar-refractivity contribution is -0.677. The molecule has 0 aliphatic rings. The van der Waals surface area contributed by atoms with Crippen LogP contribution in [-0.4, -0.2) is 38.6 Å². The minimum atomic E-state index is 0. The van der Waals surface area contributed by atoms with E-state index < -0.39 is 0 Å². The summed E-state index contributed by atoms with van der Waals surface area (Å²) in [6.45, 7) is 2.19. The molecule has 2 aromatic heterocycles. The smallest absolute Gasteiger partial charge is 0.259 e. The second kappa shape index (κ2) is 11.1. The van der Waals surface area contributed by atoms with Crippen molar-refractivity contribution in [2.45, 2.75) is 13.5 Å². The van der Waals surface area contributed by atoms with Gasteiger partial charge < -0.3 is 35.9 Å². The Balaban J connectivity index is 0.00000336. The van der Waals surface area contributed by atoms with Gasteiger partial charge in [0.2, 0.25) is 5.78 Å². The van der Waals surface area contributed by atoms with Crippen LogP contribution in [0.4, 0.5) is 0 Å². The number of hydrogen-bond donors (Lipinski definition) is 0. The molecule has 0 bridgehead atoms. The highest BCUT2D eigenvalue weighted by Crippen LogP contribution is 2.39. The number of benzene rings is 3. The van der Waals surface area contributed by atoms with E-state index in [1.165, 1.54) is 0 Å². The first-order chi connectivity index (χ1) is 18.0. The number of rotatable bonds is 8. The number of ketones is 1. The van der Waals surface area contributed by atoms with Crippen molar-refractivity contribution in [2.75, 3.05) is 28.4 Å². The van der Waals surface area contributed by atoms with Gasteiger partial charge in [-0.2, -0.15) is 4.40 Å². The summed E-state index contributed by atoms with van der Waals surface area (Å²) in [5.41, 5.74) is 3.40. The molecule has 7 nitrogen and oxygen atoms in total. The Kier molecular flexibility index (Phi) is 7.92. The molecule has 0 amide bonds. The topological polar surface area (TPSA) is 62.3 Å². The van der Waals surface area contributed by atoms with Crippen molar-refractivity contribution in [3.63, 3.8) is 0 Å². The number of aromatic nitrogens is 2. The molecule has 0 radical (unpaired) electrons. The van der Waals surface area contributed by atoms with Gasteiger partial charge in [-0.05, 0) is 41.8 Å². The van der Waals surface area contributed by atoms with E-state index in [9.17, 15) is 4.79 Å². The maximum atomic E-state index is 13.4. The quantitative estimate of drug-likeness (QED) is 0.209. The largest absolute Gasteiger partial charge is 1.00 e. The average Bonchev–Trinajstić information content (AvgIpc) is 3.23. The van der Waals surface area contributed by atoms with Crippen molar-refractivity contribution in [3.8, 4) is 34.3 Å². The Labute approximate surface area is 231 Å². The summed E-state index contributed by atoms with van der Waals surface area (Å²) in [4.78, 5) is 13.4. The Bertz CT molecular complexity index is 1630. The fourth-order valence-electron chi connectivity index (χ4n) is 4.86. The highest BCUT2D eigenvalue weighted by atomic mass is 79.9. The third kappa shape index (κ3) is 4.56. The zero-order valence-corrected chi connectivity index (χ0v) is 23.5. The number of aryl methyl sites for hydroxylation is 1. The van der Waals surface area contributed by atoms with E-state index in [1.54, 1.807) is 28.4 Å². The fourth-order valence-corrected chi connectivity index (χ4v) is 4.86. The number of Topliss-reactive ketones (excluding diaryl/α,β-unsaturated/α-hetero) is 1. The molecular formula is C30H29BrN2O5. The van der Waals surface area contributed by atoms with Gasteiger partial charge in [-0.3, -0.25) is 4.79 Å². The summed E-state index contributed by atoms with van der Waals surface area (Å²) in [5, 5.41) is 1.96. The van der Waals surface area contributed by atoms with Crippen molar-refractivity contribution in [1.82, 2.24) is 4.40 Å². The summed E-state index contributed by atoms with van der Waals surface area (Å²) < 4.78 is 26.4. The lowest BCUT2D eigenvalue weighted by Gasteiger charge is -2.11. The van der Waals surface area contributed by atoms with Crippen molar-refractivity contribution < 1.29 is 45.3 Å². The van der Waals surface area contributed by atoms with Crippen LogP contribution in [0.2, 0.25) is 0 Å². The highest BCUT2D eigenvalue weighted by molar-refractivity contribution is 6.03. The molecule has 2 heterocycles. The molecule has 3 aromatic carbocycles. The van der Waals surface area contributed by atoms with E-state index in [1.807, 2.05) is 79.9 Å². The second-order valence-electron chi connectivity index (χ2n) is 8.67. The maximum absolute atomic E-state index is 13.4. The Hall–Kier alpha value is -4.04. The number of nitrogens with zero attached hydrogens (tertiary/aromatic N) is 2. The summed E-state index contributed by atoms with van der Waals surface area (Å²) in [7, 11) is 6.48. The van der Waals surface area contributed by atoms with E-state index in [2.05, 4.69) is 8.97 Å². The van der Waals surface area contributed by atoms with Crippen LogP contribution in [0.3, 0.4) is 0 Å². The van der Waals surface area contributed by atoms with E-state index >= 15 is 0 Å². The van der Waals surface area contributed by atoms with Crippen LogP contribution in [-0.2, 0) is 6.54 Å². The third-order valence-electron chi connectivity index (χ3n) is 6.74. The number of ether oxygens (including phenoxy) is 4. The van der Waals surface area contributed by atoms with Gasteiger partial charge in [0.05, 0.1) is 34.6 Å². The zero-order valence-electron chi connectivity index (χ0n) is 21.9. The number of methoxy groups -OCH3 is 4. The number of imidazole rings is 1. The minimum Gasteiger partial charge on any atom is -1.00 e. The first kappa shape index (κ1) is 27.0.